The van der Waals surface area contributed by atoms with Gasteiger partial charge >= 0.3 is 0 Å². The Morgan fingerprint density at radius 3 is 1.03 bits per heavy atom. The van der Waals surface area contributed by atoms with Gasteiger partial charge in [0.05, 0.1) is 5.41 Å². The molecule has 26 rings (SSSR count). The molecule has 0 N–H and O–H groups in total. The van der Waals surface area contributed by atoms with E-state index in [1.54, 1.807) is 0 Å². The van der Waals surface area contributed by atoms with Gasteiger partial charge in [0.25, 0.3) is 0 Å². The van der Waals surface area contributed by atoms with Crippen LogP contribution < -0.4 is 0 Å². The van der Waals surface area contributed by atoms with Crippen molar-refractivity contribution in [3.05, 3.63) is 445 Å². The van der Waals surface area contributed by atoms with E-state index in [1.165, 1.54) is 181 Å². The third kappa shape index (κ3) is 11.0. The van der Waals surface area contributed by atoms with E-state index in [1.807, 2.05) is 6.07 Å². The molecular formula is C118H76O3. The van der Waals surface area contributed by atoms with Crippen LogP contribution in [0, 0.1) is 20.8 Å². The Hall–Kier alpha value is -15.4. The summed E-state index contributed by atoms with van der Waals surface area (Å²) in [7, 11) is 0. The third-order valence-corrected chi connectivity index (χ3v) is 26.0. The minimum absolute atomic E-state index is 0.474. The molecule has 2 aliphatic carbocycles. The fourth-order valence-electron chi connectivity index (χ4n) is 20.5. The lowest BCUT2D eigenvalue weighted by Gasteiger charge is -2.31. The van der Waals surface area contributed by atoms with Crippen molar-refractivity contribution in [2.24, 2.45) is 0 Å². The zero-order valence-electron chi connectivity index (χ0n) is 66.9. The maximum atomic E-state index is 6.58. The van der Waals surface area contributed by atoms with Crippen molar-refractivity contribution in [3.8, 4) is 89.0 Å². The Balaban J connectivity index is 0.000000107. The molecule has 0 amide bonds. The molecule has 0 fully saturated rings. The van der Waals surface area contributed by atoms with Gasteiger partial charge in [-0.15, -0.1) is 0 Å². The van der Waals surface area contributed by atoms with Crippen LogP contribution in [0.15, 0.2) is 420 Å². The van der Waals surface area contributed by atoms with Gasteiger partial charge in [0.1, 0.15) is 33.5 Å². The fourth-order valence-corrected chi connectivity index (χ4v) is 20.5. The number of rotatable bonds is 6. The summed E-state index contributed by atoms with van der Waals surface area (Å²) in [6.07, 6.45) is 0. The second-order valence-corrected chi connectivity index (χ2v) is 32.9. The van der Waals surface area contributed by atoms with E-state index in [4.69, 9.17) is 13.3 Å². The molecule has 21 aromatic carbocycles. The molecule has 566 valence electrons. The number of hydrogen-bond acceptors (Lipinski definition) is 3. The Kier molecular flexibility index (Phi) is 15.9. The van der Waals surface area contributed by atoms with Gasteiger partial charge in [0, 0.05) is 49.0 Å². The summed E-state index contributed by atoms with van der Waals surface area (Å²) in [4.78, 5) is 0. The second kappa shape index (κ2) is 27.6. The van der Waals surface area contributed by atoms with Gasteiger partial charge in [-0.2, -0.15) is 0 Å². The first-order valence-corrected chi connectivity index (χ1v) is 41.9. The van der Waals surface area contributed by atoms with Crippen LogP contribution in [-0.4, -0.2) is 0 Å². The molecule has 0 radical (unpaired) electrons. The lowest BCUT2D eigenvalue weighted by atomic mass is 9.70. The van der Waals surface area contributed by atoms with E-state index in [2.05, 4.69) is 421 Å². The number of fused-ring (bicyclic) bond motifs is 28. The predicted molar refractivity (Wildman–Crippen MR) is 509 cm³/mol. The first-order chi connectivity index (χ1) is 59.7. The van der Waals surface area contributed by atoms with Gasteiger partial charge < -0.3 is 13.3 Å². The summed E-state index contributed by atoms with van der Waals surface area (Å²) >= 11 is 0. The molecule has 121 heavy (non-hydrogen) atoms. The zero-order valence-corrected chi connectivity index (χ0v) is 66.9. The summed E-state index contributed by atoms with van der Waals surface area (Å²) in [6.45, 7) is 6.39. The summed E-state index contributed by atoms with van der Waals surface area (Å²) < 4.78 is 19.3. The molecule has 2 aliphatic rings. The summed E-state index contributed by atoms with van der Waals surface area (Å²) in [5, 5.41) is 22.4. The topological polar surface area (TPSA) is 39.4 Å². The van der Waals surface area contributed by atoms with E-state index in [9.17, 15) is 0 Å². The van der Waals surface area contributed by atoms with Crippen molar-refractivity contribution in [2.75, 3.05) is 0 Å². The van der Waals surface area contributed by atoms with E-state index in [-0.39, 0.29) is 0 Å². The highest BCUT2D eigenvalue weighted by Gasteiger charge is 2.52. The van der Waals surface area contributed by atoms with Crippen molar-refractivity contribution < 1.29 is 13.3 Å². The summed E-state index contributed by atoms with van der Waals surface area (Å²) in [5.41, 5.74) is 33.8. The zero-order chi connectivity index (χ0) is 80.1. The van der Waals surface area contributed by atoms with Crippen molar-refractivity contribution in [3.63, 3.8) is 0 Å². The van der Waals surface area contributed by atoms with Crippen LogP contribution in [0.1, 0.15) is 38.9 Å². The van der Waals surface area contributed by atoms with Crippen LogP contribution in [0.2, 0.25) is 0 Å². The average molecular weight is 1540 g/mol. The third-order valence-electron chi connectivity index (χ3n) is 26.0. The van der Waals surface area contributed by atoms with Crippen LogP contribution >= 0.6 is 0 Å². The molecule has 24 aromatic rings. The van der Waals surface area contributed by atoms with Crippen molar-refractivity contribution in [2.45, 2.75) is 26.2 Å². The monoisotopic (exact) mass is 1540 g/mol. The molecule has 0 aliphatic heterocycles. The predicted octanol–water partition coefficient (Wildman–Crippen LogP) is 32.9. The molecule has 0 atom stereocenters. The summed E-state index contributed by atoms with van der Waals surface area (Å²) in [5.74, 6) is 0. The highest BCUT2D eigenvalue weighted by atomic mass is 16.3. The molecule has 3 heterocycles. The Bertz CT molecular complexity index is 8390. The SMILES string of the molecule is Cc1ccc2oc3c(-c4ccc(-c5cc6ccccc6c6ccccc56)cc4)cc(C)cc3c2c1.Cc1cccc2c1oc1c(-c3ccc(-c4cc5ccccc5c5ccccc45)cc3)cccc12.c1ccc2c(c1)-c1ccccc1C21c2cc(-c3cc4ccccc4c4ccccc34)ccc2-c2ccc(-c3cccc4c3oc3ccccc34)cc21. The molecule has 0 bridgehead atoms. The first-order valence-electron chi connectivity index (χ1n) is 41.9. The standard InChI is InChI=1S/C51H30O.C34H24O.C33H22O/c1-2-13-34-31(12-1)28-44(37-15-4-3-14-36(34)37)33-25-27-41-40-26-24-32(35-19-11-20-43-42-18-7-10-23-49(42)52-50(35)43)29-47(40)51(48(41)30-33)45-21-8-5-16-38(45)39-17-6-9-22-46(39)51;1-21-11-16-33-31(17-21)32-19-22(2)18-30(34(32)35-33)24-14-12-23(13-15-24)29-20-25-7-3-4-8-26(25)27-9-5-6-10-28(27)29;1-21-8-6-14-29-30-15-7-13-26(33(30)34-32(21)29)22-16-18-23(19-17-22)31-20-24-9-2-3-10-25(24)27-11-4-5-12-28(27)31/h1-30H;3-20H,1-2H3;2-20H,1H3. The molecule has 3 heteroatoms. The normalized spacial score (nSPS) is 12.5. The van der Waals surface area contributed by atoms with Crippen molar-refractivity contribution >= 4 is 130 Å². The molecule has 1 spiro atoms. The lowest BCUT2D eigenvalue weighted by Crippen LogP contribution is -2.26. The number of benzene rings is 21. The fraction of sp³-hybridized carbons (Fsp3) is 0.0339. The molecule has 3 aromatic heterocycles. The van der Waals surface area contributed by atoms with E-state index in [0.717, 1.165) is 77.7 Å². The number of hydrogen-bond donors (Lipinski definition) is 0. The maximum absolute atomic E-state index is 6.58. The number of para-hydroxylation sites is 4. The Labute approximate surface area is 699 Å². The van der Waals surface area contributed by atoms with Crippen LogP contribution in [0.3, 0.4) is 0 Å². The van der Waals surface area contributed by atoms with Crippen LogP contribution in [0.25, 0.3) is 219 Å². The minimum Gasteiger partial charge on any atom is -0.455 e. The molecule has 0 saturated heterocycles. The first kappa shape index (κ1) is 69.8. The van der Waals surface area contributed by atoms with Crippen LogP contribution in [-0.2, 0) is 5.41 Å². The number of furan rings is 3. The second-order valence-electron chi connectivity index (χ2n) is 32.9. The molecular weight excluding hydrogens is 1470 g/mol. The quantitative estimate of drug-likeness (QED) is 0.156. The summed E-state index contributed by atoms with van der Waals surface area (Å²) in [6, 6.07) is 148. The largest absolute Gasteiger partial charge is 0.455 e. The minimum atomic E-state index is -0.474. The van der Waals surface area contributed by atoms with Crippen LogP contribution in [0.4, 0.5) is 0 Å². The lowest BCUT2D eigenvalue weighted by molar-refractivity contribution is 0.667. The molecule has 0 saturated carbocycles. The van der Waals surface area contributed by atoms with Crippen LogP contribution in [0.5, 0.6) is 0 Å². The average Bonchev–Trinajstić information content (AvgIpc) is 1.50. The van der Waals surface area contributed by atoms with Crippen molar-refractivity contribution in [1.29, 1.82) is 0 Å². The van der Waals surface area contributed by atoms with E-state index >= 15 is 0 Å². The Morgan fingerprint density at radius 2 is 0.504 bits per heavy atom. The Morgan fingerprint density at radius 1 is 0.165 bits per heavy atom. The van der Waals surface area contributed by atoms with E-state index in [0.29, 0.717) is 0 Å². The van der Waals surface area contributed by atoms with Gasteiger partial charge in [0.2, 0.25) is 0 Å². The highest BCUT2D eigenvalue weighted by Crippen LogP contribution is 2.64. The van der Waals surface area contributed by atoms with Gasteiger partial charge in [-0.05, 0) is 252 Å². The molecule has 3 nitrogen and oxygen atoms in total. The molecule has 0 unspecified atom stereocenters. The smallest absolute Gasteiger partial charge is 0.143 e. The van der Waals surface area contributed by atoms with Gasteiger partial charge in [-0.1, -0.05) is 351 Å². The van der Waals surface area contributed by atoms with Gasteiger partial charge in [-0.3, -0.25) is 0 Å². The highest BCUT2D eigenvalue weighted by molar-refractivity contribution is 6.19. The van der Waals surface area contributed by atoms with Gasteiger partial charge in [-0.25, -0.2) is 0 Å². The van der Waals surface area contributed by atoms with E-state index < -0.39 is 5.41 Å². The number of aryl methyl sites for hydroxylation is 3. The maximum Gasteiger partial charge on any atom is 0.143 e. The van der Waals surface area contributed by atoms with Gasteiger partial charge in [0.15, 0.2) is 0 Å². The van der Waals surface area contributed by atoms with Crippen molar-refractivity contribution in [1.82, 2.24) is 0 Å².